The average molecular weight is 573 g/mol. The molecule has 222 valence electrons. The highest BCUT2D eigenvalue weighted by Crippen LogP contribution is 2.60. The Hall–Kier alpha value is -2.00. The Morgan fingerprint density at radius 1 is 1.02 bits per heavy atom. The fourth-order valence-corrected chi connectivity index (χ4v) is 8.42. The first-order valence-electron chi connectivity index (χ1n) is 15.9. The molecular weight excluding hydrogens is 520 g/mol. The number of ether oxygens (including phenoxy) is 1. The number of aromatic nitrogens is 1. The molecule has 0 N–H and O–H groups in total. The maximum Gasteiger partial charge on any atom is 0.192 e. The zero-order valence-electron chi connectivity index (χ0n) is 27.5. The van der Waals surface area contributed by atoms with Gasteiger partial charge >= 0.3 is 0 Å². The average Bonchev–Trinajstić information content (AvgIpc) is 3.47. The third kappa shape index (κ3) is 5.23. The van der Waals surface area contributed by atoms with Crippen molar-refractivity contribution in [1.82, 2.24) is 4.98 Å². The standard InChI is InChI=1S/C36H52N2O2Si/c1-23(2)31-29-30(28-26(38-31)20-34(6,7)21-27(28)40-41(10,11)33(3,4)5)36(18-12-13-19-36)39-32(29)24-14-16-25(17-15-24)35(8,9)22-37/h14-17,23,27,32H,12-13,18-21H2,1-11H3/t27?,32-/m1/s1. The number of hydrogen-bond donors (Lipinski definition) is 0. The van der Waals surface area contributed by atoms with E-state index in [0.29, 0.717) is 5.92 Å². The molecule has 0 amide bonds. The second kappa shape index (κ2) is 10.0. The lowest BCUT2D eigenvalue weighted by molar-refractivity contribution is -0.0579. The van der Waals surface area contributed by atoms with Crippen molar-refractivity contribution in [3.05, 3.63) is 63.5 Å². The molecule has 5 rings (SSSR count). The molecule has 2 aromatic rings. The maximum absolute atomic E-state index is 9.71. The van der Waals surface area contributed by atoms with Crippen LogP contribution in [-0.2, 0) is 26.6 Å². The van der Waals surface area contributed by atoms with E-state index in [4.69, 9.17) is 14.1 Å². The maximum atomic E-state index is 9.71. The summed E-state index contributed by atoms with van der Waals surface area (Å²) in [5, 5.41) is 9.84. The van der Waals surface area contributed by atoms with Gasteiger partial charge in [0.15, 0.2) is 8.32 Å². The minimum Gasteiger partial charge on any atom is -0.410 e. The van der Waals surface area contributed by atoms with Gasteiger partial charge in [-0.1, -0.05) is 85.6 Å². The molecule has 4 nitrogen and oxygen atoms in total. The van der Waals surface area contributed by atoms with Crippen LogP contribution in [-0.4, -0.2) is 13.3 Å². The highest BCUT2D eigenvalue weighted by molar-refractivity contribution is 6.74. The quantitative estimate of drug-likeness (QED) is 0.335. The van der Waals surface area contributed by atoms with Crippen LogP contribution in [0.1, 0.15) is 152 Å². The second-order valence-electron chi connectivity index (χ2n) is 16.3. The molecule has 0 saturated heterocycles. The molecule has 1 aromatic carbocycles. The Kier molecular flexibility index (Phi) is 7.45. The molecule has 1 aliphatic heterocycles. The molecule has 2 heterocycles. The first-order chi connectivity index (χ1) is 18.9. The summed E-state index contributed by atoms with van der Waals surface area (Å²) in [6.45, 7) is 25.1. The Balaban J connectivity index is 1.74. The van der Waals surface area contributed by atoms with E-state index in [1.807, 2.05) is 13.8 Å². The third-order valence-electron chi connectivity index (χ3n) is 10.6. The van der Waals surface area contributed by atoms with Gasteiger partial charge in [-0.15, -0.1) is 0 Å². The lowest BCUT2D eigenvalue weighted by atomic mass is 9.70. The largest absolute Gasteiger partial charge is 0.410 e. The second-order valence-corrected chi connectivity index (χ2v) is 21.0. The van der Waals surface area contributed by atoms with Crippen molar-refractivity contribution in [3.63, 3.8) is 0 Å². The number of pyridine rings is 1. The van der Waals surface area contributed by atoms with Gasteiger partial charge in [0.05, 0.1) is 23.2 Å². The van der Waals surface area contributed by atoms with Crippen LogP contribution >= 0.6 is 0 Å². The minimum absolute atomic E-state index is 0.0377. The number of fused-ring (bicyclic) bond motifs is 4. The van der Waals surface area contributed by atoms with Crippen LogP contribution in [0.4, 0.5) is 0 Å². The summed E-state index contributed by atoms with van der Waals surface area (Å²) in [5.41, 5.74) is 8.05. The molecule has 1 spiro atoms. The van der Waals surface area contributed by atoms with Crippen LogP contribution < -0.4 is 0 Å². The molecule has 1 saturated carbocycles. The predicted octanol–water partition coefficient (Wildman–Crippen LogP) is 9.93. The number of rotatable bonds is 5. The Bertz CT molecular complexity index is 1350. The van der Waals surface area contributed by atoms with Crippen molar-refractivity contribution in [2.45, 2.75) is 148 Å². The fraction of sp³-hybridized carbons (Fsp3) is 0.667. The summed E-state index contributed by atoms with van der Waals surface area (Å²) < 4.78 is 14.7. The topological polar surface area (TPSA) is 55.1 Å². The number of hydrogen-bond acceptors (Lipinski definition) is 4. The van der Waals surface area contributed by atoms with Crippen LogP contribution in [0.25, 0.3) is 0 Å². The van der Waals surface area contributed by atoms with Gasteiger partial charge in [0.1, 0.15) is 6.10 Å². The molecule has 3 aliphatic rings. The van der Waals surface area contributed by atoms with E-state index in [-0.39, 0.29) is 28.3 Å². The molecule has 41 heavy (non-hydrogen) atoms. The summed E-state index contributed by atoms with van der Waals surface area (Å²) in [6, 6.07) is 11.1. The fourth-order valence-electron chi connectivity index (χ4n) is 7.15. The van der Waals surface area contributed by atoms with Crippen LogP contribution in [0.2, 0.25) is 18.1 Å². The molecule has 2 aliphatic carbocycles. The normalized spacial score (nSPS) is 23.5. The molecule has 1 fully saturated rings. The van der Waals surface area contributed by atoms with Crippen molar-refractivity contribution < 1.29 is 9.16 Å². The molecule has 1 unspecified atom stereocenters. The van der Waals surface area contributed by atoms with Crippen molar-refractivity contribution >= 4 is 8.32 Å². The predicted molar refractivity (Wildman–Crippen MR) is 170 cm³/mol. The van der Waals surface area contributed by atoms with E-state index in [9.17, 15) is 5.26 Å². The van der Waals surface area contributed by atoms with Crippen LogP contribution in [0.5, 0.6) is 0 Å². The summed E-state index contributed by atoms with van der Waals surface area (Å²) in [6.07, 6.45) is 6.37. The van der Waals surface area contributed by atoms with Gasteiger partial charge in [0.2, 0.25) is 0 Å². The number of benzene rings is 1. The highest BCUT2D eigenvalue weighted by atomic mass is 28.4. The Morgan fingerprint density at radius 3 is 2.17 bits per heavy atom. The van der Waals surface area contributed by atoms with Gasteiger partial charge in [-0.05, 0) is 85.7 Å². The van der Waals surface area contributed by atoms with Crippen molar-refractivity contribution in [2.75, 3.05) is 0 Å². The zero-order valence-corrected chi connectivity index (χ0v) is 28.5. The van der Waals surface area contributed by atoms with Gasteiger partial charge in [0, 0.05) is 22.5 Å². The summed E-state index contributed by atoms with van der Waals surface area (Å²) in [4.78, 5) is 5.54. The lowest BCUT2D eigenvalue weighted by Gasteiger charge is -2.45. The van der Waals surface area contributed by atoms with Gasteiger partial charge in [-0.3, -0.25) is 4.98 Å². The molecular formula is C36H52N2O2Si. The van der Waals surface area contributed by atoms with E-state index in [2.05, 4.69) is 91.9 Å². The molecule has 0 bridgehead atoms. The highest BCUT2D eigenvalue weighted by Gasteiger charge is 2.54. The lowest BCUT2D eigenvalue weighted by Crippen LogP contribution is -2.44. The number of nitriles is 1. The van der Waals surface area contributed by atoms with Crippen LogP contribution in [0, 0.1) is 16.7 Å². The van der Waals surface area contributed by atoms with Gasteiger partial charge < -0.3 is 9.16 Å². The van der Waals surface area contributed by atoms with Gasteiger partial charge in [0.25, 0.3) is 0 Å². The van der Waals surface area contributed by atoms with Crippen molar-refractivity contribution in [1.29, 1.82) is 5.26 Å². The molecule has 0 radical (unpaired) electrons. The monoisotopic (exact) mass is 572 g/mol. The Labute approximate surface area is 250 Å². The van der Waals surface area contributed by atoms with Gasteiger partial charge in [-0.25, -0.2) is 0 Å². The van der Waals surface area contributed by atoms with E-state index in [1.165, 1.54) is 40.9 Å². The zero-order chi connectivity index (χ0) is 30.2. The first-order valence-corrected chi connectivity index (χ1v) is 18.8. The smallest absolute Gasteiger partial charge is 0.192 e. The van der Waals surface area contributed by atoms with E-state index in [0.717, 1.165) is 36.8 Å². The van der Waals surface area contributed by atoms with Gasteiger partial charge in [-0.2, -0.15) is 5.26 Å². The molecule has 2 atom stereocenters. The summed E-state index contributed by atoms with van der Waals surface area (Å²) in [7, 11) is -2.05. The number of nitrogens with zero attached hydrogens (tertiary/aromatic N) is 2. The minimum atomic E-state index is -2.05. The third-order valence-corrected chi connectivity index (χ3v) is 15.1. The van der Waals surface area contributed by atoms with E-state index in [1.54, 1.807) is 0 Å². The van der Waals surface area contributed by atoms with Crippen LogP contribution in [0.15, 0.2) is 24.3 Å². The van der Waals surface area contributed by atoms with E-state index < -0.39 is 13.7 Å². The van der Waals surface area contributed by atoms with E-state index >= 15 is 0 Å². The molecule has 1 aromatic heterocycles. The SMILES string of the molecule is CC(C)c1nc2c(c3c1[C@@H](c1ccc(C(C)(C)C#N)cc1)OC31CCCC1)C(O[Si](C)(C)C(C)(C)C)CC(C)(C)C2. The Morgan fingerprint density at radius 2 is 1.63 bits per heavy atom. The molecule has 5 heteroatoms. The summed E-state index contributed by atoms with van der Waals surface area (Å²) >= 11 is 0. The first kappa shape index (κ1) is 30.5. The van der Waals surface area contributed by atoms with Crippen molar-refractivity contribution in [3.8, 4) is 6.07 Å². The summed E-state index contributed by atoms with van der Waals surface area (Å²) in [5.74, 6) is 0.290. The van der Waals surface area contributed by atoms with Crippen molar-refractivity contribution in [2.24, 2.45) is 5.41 Å². The van der Waals surface area contributed by atoms with Crippen LogP contribution in [0.3, 0.4) is 0 Å².